The van der Waals surface area contributed by atoms with Gasteiger partial charge >= 0.3 is 6.35 Å². The monoisotopic (exact) mass is 201 g/mol. The lowest BCUT2D eigenvalue weighted by Gasteiger charge is -2.22. The van der Waals surface area contributed by atoms with Gasteiger partial charge in [-0.15, -0.1) is 27.9 Å². The zero-order valence-electron chi connectivity index (χ0n) is 5.67. The topological polar surface area (TPSA) is 56.8 Å². The Morgan fingerprint density at radius 2 is 2.00 bits per heavy atom. The highest BCUT2D eigenvalue weighted by Crippen LogP contribution is 2.05. The van der Waals surface area contributed by atoms with E-state index in [9.17, 15) is 0 Å². The maximum atomic E-state index is 8.51. The van der Waals surface area contributed by atoms with Crippen LogP contribution in [0.2, 0.25) is 0 Å². The molecular formula is C5H7BBrN2O-. The van der Waals surface area contributed by atoms with Crippen molar-refractivity contribution in [1.29, 1.82) is 10.5 Å². The van der Waals surface area contributed by atoms with E-state index in [1.54, 1.807) is 6.92 Å². The molecule has 0 heterocycles. The summed E-state index contributed by atoms with van der Waals surface area (Å²) in [4.78, 5) is 0. The molecule has 0 saturated heterocycles. The van der Waals surface area contributed by atoms with Crippen LogP contribution in [-0.4, -0.2) is 18.2 Å². The summed E-state index contributed by atoms with van der Waals surface area (Å²) in [5.41, 5.74) is 0. The average molecular weight is 202 g/mol. The summed E-state index contributed by atoms with van der Waals surface area (Å²) in [5.74, 6) is 3.70. The number of rotatable bonds is 3. The van der Waals surface area contributed by atoms with Crippen LogP contribution in [0.3, 0.4) is 0 Å². The summed E-state index contributed by atoms with van der Waals surface area (Å²) in [5, 5.41) is 17.3. The summed E-state index contributed by atoms with van der Waals surface area (Å²) in [6, 6.07) is 0. The fourth-order valence-electron chi connectivity index (χ4n) is 0.501. The zero-order valence-corrected chi connectivity index (χ0v) is 7.26. The van der Waals surface area contributed by atoms with Crippen molar-refractivity contribution in [3.63, 3.8) is 0 Å². The summed E-state index contributed by atoms with van der Waals surface area (Å²) in [7, 11) is 0. The fraction of sp³-hybridized carbons (Fsp3) is 0.600. The van der Waals surface area contributed by atoms with Crippen molar-refractivity contribution >= 4 is 22.3 Å². The standard InChI is InChI=1S/C5H7BBrN2O/c1-2-10-6(3-7,4-8)5-9/h2-3H2,1H3/q-1. The SMILES string of the molecule is CCO[B-](C#N)(C#N)CBr. The Kier molecular flexibility index (Phi) is 4.10. The van der Waals surface area contributed by atoms with E-state index in [2.05, 4.69) is 15.9 Å². The highest BCUT2D eigenvalue weighted by molar-refractivity contribution is 9.09. The van der Waals surface area contributed by atoms with Gasteiger partial charge in [-0.1, -0.05) is 5.23 Å². The Morgan fingerprint density at radius 3 is 2.10 bits per heavy atom. The van der Waals surface area contributed by atoms with Gasteiger partial charge in [-0.3, -0.25) is 0 Å². The number of halogens is 1. The third-order valence-corrected chi connectivity index (χ3v) is 2.00. The quantitative estimate of drug-likeness (QED) is 0.507. The van der Waals surface area contributed by atoms with Crippen LogP contribution in [0.25, 0.3) is 0 Å². The maximum Gasteiger partial charge on any atom is 0.324 e. The van der Waals surface area contributed by atoms with Crippen LogP contribution in [0, 0.1) is 22.5 Å². The summed E-state index contributed by atoms with van der Waals surface area (Å²) in [6.07, 6.45) is -1.92. The molecule has 0 rings (SSSR count). The van der Waals surface area contributed by atoms with E-state index < -0.39 is 6.35 Å². The van der Waals surface area contributed by atoms with Gasteiger partial charge < -0.3 is 4.65 Å². The molecule has 0 aromatic heterocycles. The first-order chi connectivity index (χ1) is 4.74. The number of hydrogen-bond donors (Lipinski definition) is 0. The number of nitrogens with zero attached hydrogens (tertiary/aromatic N) is 2. The van der Waals surface area contributed by atoms with Crippen molar-refractivity contribution in [2.24, 2.45) is 0 Å². The molecule has 0 aromatic rings. The third kappa shape index (κ3) is 2.02. The van der Waals surface area contributed by atoms with E-state index in [0.29, 0.717) is 6.61 Å². The van der Waals surface area contributed by atoms with E-state index in [0.717, 1.165) is 0 Å². The predicted octanol–water partition coefficient (Wildman–Crippen LogP) is 1.03. The van der Waals surface area contributed by atoms with E-state index in [4.69, 9.17) is 15.2 Å². The lowest BCUT2D eigenvalue weighted by molar-refractivity contribution is 0.343. The molecular weight excluding hydrogens is 195 g/mol. The lowest BCUT2D eigenvalue weighted by atomic mass is 9.45. The molecule has 0 radical (unpaired) electrons. The van der Waals surface area contributed by atoms with Crippen molar-refractivity contribution < 1.29 is 4.65 Å². The van der Waals surface area contributed by atoms with Crippen LogP contribution in [0.1, 0.15) is 6.92 Å². The minimum Gasteiger partial charge on any atom is -0.568 e. The molecule has 54 valence electrons. The lowest BCUT2D eigenvalue weighted by Crippen LogP contribution is -2.38. The van der Waals surface area contributed by atoms with Gasteiger partial charge in [0.25, 0.3) is 0 Å². The Morgan fingerprint density at radius 1 is 1.50 bits per heavy atom. The van der Waals surface area contributed by atoms with Gasteiger partial charge in [0, 0.05) is 0 Å². The first kappa shape index (κ1) is 9.48. The van der Waals surface area contributed by atoms with E-state index in [1.165, 1.54) is 0 Å². The fourth-order valence-corrected chi connectivity index (χ4v) is 0.978. The summed E-state index contributed by atoms with van der Waals surface area (Å²) >= 11 is 3.05. The van der Waals surface area contributed by atoms with Crippen LogP contribution >= 0.6 is 15.9 Å². The smallest absolute Gasteiger partial charge is 0.324 e. The highest BCUT2D eigenvalue weighted by Gasteiger charge is 2.23. The zero-order chi connectivity index (χ0) is 8.04. The van der Waals surface area contributed by atoms with Crippen molar-refractivity contribution in [3.8, 4) is 11.9 Å². The number of hydrogen-bond acceptors (Lipinski definition) is 3. The normalized spacial score (nSPS) is 10.0. The molecule has 0 fully saturated rings. The van der Waals surface area contributed by atoms with Crippen LogP contribution < -0.4 is 0 Å². The van der Waals surface area contributed by atoms with Gasteiger partial charge in [0.1, 0.15) is 0 Å². The Hall–Kier alpha value is -0.515. The van der Waals surface area contributed by atoms with Crippen molar-refractivity contribution in [3.05, 3.63) is 0 Å². The Balaban J connectivity index is 4.24. The van der Waals surface area contributed by atoms with Crippen LogP contribution in [0.4, 0.5) is 0 Å². The molecule has 0 aliphatic heterocycles. The van der Waals surface area contributed by atoms with Crippen LogP contribution in [-0.2, 0) is 4.65 Å². The molecule has 0 spiro atoms. The molecule has 0 saturated carbocycles. The molecule has 0 amide bonds. The predicted molar refractivity (Wildman–Crippen MR) is 42.4 cm³/mol. The molecule has 0 bridgehead atoms. The number of alkyl halides is 1. The first-order valence-electron chi connectivity index (χ1n) is 2.93. The van der Waals surface area contributed by atoms with Gasteiger partial charge in [0.05, 0.1) is 0 Å². The third-order valence-electron chi connectivity index (χ3n) is 1.09. The molecule has 0 atom stereocenters. The van der Waals surface area contributed by atoms with Gasteiger partial charge in [0.2, 0.25) is 0 Å². The largest absolute Gasteiger partial charge is 0.568 e. The molecule has 0 aliphatic rings. The van der Waals surface area contributed by atoms with E-state index >= 15 is 0 Å². The molecule has 3 nitrogen and oxygen atoms in total. The van der Waals surface area contributed by atoms with Crippen molar-refractivity contribution in [2.45, 2.75) is 6.92 Å². The van der Waals surface area contributed by atoms with Crippen molar-refractivity contribution in [2.75, 3.05) is 11.8 Å². The highest BCUT2D eigenvalue weighted by atomic mass is 79.9. The minimum atomic E-state index is -1.92. The summed E-state index contributed by atoms with van der Waals surface area (Å²) in [6.45, 7) is 2.15. The second-order valence-corrected chi connectivity index (χ2v) is 2.47. The molecule has 0 N–H and O–H groups in total. The van der Waals surface area contributed by atoms with Gasteiger partial charge in [-0.25, -0.2) is 10.5 Å². The molecule has 10 heavy (non-hydrogen) atoms. The van der Waals surface area contributed by atoms with Crippen molar-refractivity contribution in [1.82, 2.24) is 0 Å². The average Bonchev–Trinajstić information content (AvgIpc) is 2.01. The van der Waals surface area contributed by atoms with E-state index in [-0.39, 0.29) is 5.23 Å². The van der Waals surface area contributed by atoms with E-state index in [1.807, 2.05) is 11.9 Å². The molecule has 5 heteroatoms. The van der Waals surface area contributed by atoms with Crippen LogP contribution in [0.15, 0.2) is 0 Å². The first-order valence-corrected chi connectivity index (χ1v) is 4.05. The molecule has 0 unspecified atom stereocenters. The Labute approximate surface area is 68.7 Å². The van der Waals surface area contributed by atoms with Gasteiger partial charge in [-0.2, -0.15) is 0 Å². The molecule has 0 aliphatic carbocycles. The minimum absolute atomic E-state index is 0.286. The number of nitriles is 2. The van der Waals surface area contributed by atoms with Crippen LogP contribution in [0.5, 0.6) is 0 Å². The van der Waals surface area contributed by atoms with Gasteiger partial charge in [0.15, 0.2) is 0 Å². The maximum absolute atomic E-state index is 8.51. The second-order valence-electron chi connectivity index (χ2n) is 1.82. The molecule has 0 aromatic carbocycles. The second kappa shape index (κ2) is 4.32. The summed E-state index contributed by atoms with van der Waals surface area (Å²) < 4.78 is 4.97. The van der Waals surface area contributed by atoms with Gasteiger partial charge in [-0.05, 0) is 13.5 Å². The Bertz CT molecular complexity index is 169.